The molecule has 1 aromatic carbocycles. The lowest BCUT2D eigenvalue weighted by Crippen LogP contribution is -2.05. The van der Waals surface area contributed by atoms with Gasteiger partial charge >= 0.3 is 5.97 Å². The van der Waals surface area contributed by atoms with Crippen LogP contribution >= 0.6 is 0 Å². The van der Waals surface area contributed by atoms with Crippen molar-refractivity contribution in [3.05, 3.63) is 59.9 Å². The van der Waals surface area contributed by atoms with Crippen molar-refractivity contribution >= 4 is 17.0 Å². The Hall–Kier alpha value is -2.69. The summed E-state index contributed by atoms with van der Waals surface area (Å²) in [7, 11) is 1.34. The molecule has 0 spiro atoms. The number of carbonyl (C=O) groups is 1. The Morgan fingerprint density at radius 2 is 2.00 bits per heavy atom. The topological polar surface area (TPSA) is 57.0 Å². The Morgan fingerprint density at radius 1 is 1.20 bits per heavy atom. The van der Waals surface area contributed by atoms with Crippen molar-refractivity contribution in [2.45, 2.75) is 6.54 Å². The van der Waals surface area contributed by atoms with Crippen LogP contribution in [-0.4, -0.2) is 27.8 Å². The molecule has 0 amide bonds. The molecule has 3 aromatic rings. The predicted molar refractivity (Wildman–Crippen MR) is 74.4 cm³/mol. The molecule has 0 bridgehead atoms. The molecule has 0 aliphatic carbocycles. The van der Waals surface area contributed by atoms with Gasteiger partial charge in [0.25, 0.3) is 0 Å². The van der Waals surface area contributed by atoms with E-state index in [1.54, 1.807) is 12.3 Å². The summed E-state index contributed by atoms with van der Waals surface area (Å²) in [6.45, 7) is 0.670. The van der Waals surface area contributed by atoms with E-state index in [1.807, 2.05) is 41.1 Å². The molecule has 2 aromatic heterocycles. The molecule has 0 radical (unpaired) electrons. The van der Waals surface area contributed by atoms with Gasteiger partial charge in [-0.25, -0.2) is 9.78 Å². The minimum Gasteiger partial charge on any atom is -0.464 e. The van der Waals surface area contributed by atoms with Crippen LogP contribution in [0.15, 0.2) is 48.7 Å². The van der Waals surface area contributed by atoms with Crippen molar-refractivity contribution in [3.8, 4) is 0 Å². The van der Waals surface area contributed by atoms with Gasteiger partial charge in [-0.3, -0.25) is 4.68 Å². The number of nitrogens with zero attached hydrogens (tertiary/aromatic N) is 3. The third-order valence-electron chi connectivity index (χ3n) is 3.07. The van der Waals surface area contributed by atoms with E-state index in [1.165, 1.54) is 7.11 Å². The number of fused-ring (bicyclic) bond motifs is 1. The van der Waals surface area contributed by atoms with Crippen molar-refractivity contribution in [3.63, 3.8) is 0 Å². The summed E-state index contributed by atoms with van der Waals surface area (Å²) in [5.74, 6) is -0.442. The third kappa shape index (κ3) is 2.25. The average molecular weight is 267 g/mol. The summed E-state index contributed by atoms with van der Waals surface area (Å²) in [4.78, 5) is 15.7. The van der Waals surface area contributed by atoms with Gasteiger partial charge < -0.3 is 4.74 Å². The first kappa shape index (κ1) is 12.3. The van der Waals surface area contributed by atoms with Gasteiger partial charge in [0.1, 0.15) is 11.2 Å². The lowest BCUT2D eigenvalue weighted by molar-refractivity contribution is 0.0594. The number of pyridine rings is 1. The maximum absolute atomic E-state index is 11.4. The second-order valence-electron chi connectivity index (χ2n) is 4.38. The molecule has 3 rings (SSSR count). The lowest BCUT2D eigenvalue weighted by Gasteiger charge is -2.04. The zero-order valence-corrected chi connectivity index (χ0v) is 11.0. The molecule has 0 N–H and O–H groups in total. The van der Waals surface area contributed by atoms with E-state index in [0.29, 0.717) is 17.8 Å². The molecule has 5 heteroatoms. The highest BCUT2D eigenvalue weighted by molar-refractivity contribution is 5.90. The van der Waals surface area contributed by atoms with Crippen molar-refractivity contribution in [2.75, 3.05) is 7.11 Å². The predicted octanol–water partition coefficient (Wildman–Crippen LogP) is 2.27. The van der Waals surface area contributed by atoms with Crippen LogP contribution in [0, 0.1) is 0 Å². The molecule has 20 heavy (non-hydrogen) atoms. The highest BCUT2D eigenvalue weighted by Gasteiger charge is 2.10. The molecular weight excluding hydrogens is 254 g/mol. The molecule has 0 unspecified atom stereocenters. The van der Waals surface area contributed by atoms with Gasteiger partial charge in [0.15, 0.2) is 0 Å². The van der Waals surface area contributed by atoms with E-state index in [2.05, 4.69) is 14.8 Å². The first-order valence-electron chi connectivity index (χ1n) is 6.23. The van der Waals surface area contributed by atoms with Crippen molar-refractivity contribution in [1.82, 2.24) is 14.8 Å². The molecule has 100 valence electrons. The second-order valence-corrected chi connectivity index (χ2v) is 4.38. The van der Waals surface area contributed by atoms with Crippen molar-refractivity contribution in [2.24, 2.45) is 0 Å². The third-order valence-corrected chi connectivity index (χ3v) is 3.07. The van der Waals surface area contributed by atoms with E-state index < -0.39 is 5.97 Å². The average Bonchev–Trinajstić information content (AvgIpc) is 2.90. The summed E-state index contributed by atoms with van der Waals surface area (Å²) in [6.07, 6.45) is 1.66. The molecule has 0 aliphatic heterocycles. The van der Waals surface area contributed by atoms with Gasteiger partial charge in [0.2, 0.25) is 0 Å². The standard InChI is InChI=1S/C15H13N3O2/c1-20-15(19)12-7-8-14-13(17-12)9-16-18(14)10-11-5-3-2-4-6-11/h2-9H,10H2,1H3. The number of hydrogen-bond acceptors (Lipinski definition) is 4. The fourth-order valence-corrected chi connectivity index (χ4v) is 2.07. The van der Waals surface area contributed by atoms with E-state index >= 15 is 0 Å². The van der Waals surface area contributed by atoms with Gasteiger partial charge in [-0.2, -0.15) is 5.10 Å². The maximum atomic E-state index is 11.4. The molecule has 5 nitrogen and oxygen atoms in total. The fraction of sp³-hybridized carbons (Fsp3) is 0.133. The van der Waals surface area contributed by atoms with Crippen LogP contribution in [0.1, 0.15) is 16.1 Å². The Morgan fingerprint density at radius 3 is 2.75 bits per heavy atom. The Bertz CT molecular complexity index is 750. The van der Waals surface area contributed by atoms with Crippen LogP contribution in [-0.2, 0) is 11.3 Å². The number of aromatic nitrogens is 3. The fourth-order valence-electron chi connectivity index (χ4n) is 2.07. The number of ether oxygens (including phenoxy) is 1. The molecular formula is C15H13N3O2. The van der Waals surface area contributed by atoms with Crippen LogP contribution in [0.3, 0.4) is 0 Å². The number of benzene rings is 1. The zero-order valence-electron chi connectivity index (χ0n) is 11.0. The Kier molecular flexibility index (Phi) is 3.16. The van der Waals surface area contributed by atoms with Gasteiger partial charge in [-0.05, 0) is 17.7 Å². The SMILES string of the molecule is COC(=O)c1ccc2c(cnn2Cc2ccccc2)n1. The minimum absolute atomic E-state index is 0.291. The highest BCUT2D eigenvalue weighted by atomic mass is 16.5. The quantitative estimate of drug-likeness (QED) is 0.683. The van der Waals surface area contributed by atoms with Crippen LogP contribution < -0.4 is 0 Å². The van der Waals surface area contributed by atoms with Crippen LogP contribution in [0.25, 0.3) is 11.0 Å². The maximum Gasteiger partial charge on any atom is 0.356 e. The normalized spacial score (nSPS) is 10.7. The second kappa shape index (κ2) is 5.13. The van der Waals surface area contributed by atoms with Crippen molar-refractivity contribution in [1.29, 1.82) is 0 Å². The van der Waals surface area contributed by atoms with E-state index in [4.69, 9.17) is 0 Å². The van der Waals surface area contributed by atoms with Gasteiger partial charge in [-0.15, -0.1) is 0 Å². The van der Waals surface area contributed by atoms with E-state index in [0.717, 1.165) is 11.1 Å². The monoisotopic (exact) mass is 267 g/mol. The summed E-state index contributed by atoms with van der Waals surface area (Å²) >= 11 is 0. The number of esters is 1. The molecule has 0 atom stereocenters. The molecule has 0 saturated carbocycles. The van der Waals surface area contributed by atoms with Crippen LogP contribution in [0.4, 0.5) is 0 Å². The summed E-state index contributed by atoms with van der Waals surface area (Å²) < 4.78 is 6.52. The Labute approximate surface area is 115 Å². The Balaban J connectivity index is 1.96. The smallest absolute Gasteiger partial charge is 0.356 e. The first-order chi connectivity index (χ1) is 9.78. The number of carbonyl (C=O) groups excluding carboxylic acids is 1. The van der Waals surface area contributed by atoms with E-state index in [-0.39, 0.29) is 0 Å². The molecule has 0 saturated heterocycles. The summed E-state index contributed by atoms with van der Waals surface area (Å²) in [5, 5.41) is 4.32. The van der Waals surface area contributed by atoms with Crippen LogP contribution in [0.2, 0.25) is 0 Å². The molecule has 0 aliphatic rings. The van der Waals surface area contributed by atoms with Gasteiger partial charge in [0.05, 0.1) is 25.4 Å². The van der Waals surface area contributed by atoms with Crippen LogP contribution in [0.5, 0.6) is 0 Å². The molecule has 2 heterocycles. The largest absolute Gasteiger partial charge is 0.464 e. The number of methoxy groups -OCH3 is 1. The summed E-state index contributed by atoms with van der Waals surface area (Å²) in [5.41, 5.74) is 3.03. The summed E-state index contributed by atoms with van der Waals surface area (Å²) in [6, 6.07) is 13.5. The number of hydrogen-bond donors (Lipinski definition) is 0. The van der Waals surface area contributed by atoms with Gasteiger partial charge in [-0.1, -0.05) is 30.3 Å². The van der Waals surface area contributed by atoms with E-state index in [9.17, 15) is 4.79 Å². The zero-order chi connectivity index (χ0) is 13.9. The van der Waals surface area contributed by atoms with Gasteiger partial charge in [0, 0.05) is 0 Å². The minimum atomic E-state index is -0.442. The highest BCUT2D eigenvalue weighted by Crippen LogP contribution is 2.14. The van der Waals surface area contributed by atoms with Crippen molar-refractivity contribution < 1.29 is 9.53 Å². The lowest BCUT2D eigenvalue weighted by atomic mass is 10.2. The number of rotatable bonds is 3. The first-order valence-corrected chi connectivity index (χ1v) is 6.23. The molecule has 0 fully saturated rings.